The molecule has 1 unspecified atom stereocenters. The Morgan fingerprint density at radius 2 is 1.80 bits per heavy atom. The molecule has 1 aliphatic rings. The van der Waals surface area contributed by atoms with E-state index >= 15 is 0 Å². The molecule has 1 N–H and O–H groups in total. The molecule has 5 rings (SSSR count). The van der Waals surface area contributed by atoms with Crippen molar-refractivity contribution >= 4 is 24.4 Å². The third-order valence-electron chi connectivity index (χ3n) is 7.32. The van der Waals surface area contributed by atoms with Crippen LogP contribution in [0.4, 0.5) is 0 Å². The molecule has 0 radical (unpaired) electrons. The number of aromatic hydroxyl groups is 1. The Hall–Kier alpha value is -4.58. The van der Waals surface area contributed by atoms with Gasteiger partial charge in [0.25, 0.3) is 0 Å². The van der Waals surface area contributed by atoms with Gasteiger partial charge in [-0.15, -0.1) is 0 Å². The normalized spacial score (nSPS) is 15.2. The van der Waals surface area contributed by atoms with Gasteiger partial charge in [-0.05, 0) is 73.2 Å². The van der Waals surface area contributed by atoms with Crippen LogP contribution in [0.1, 0.15) is 77.9 Å². The zero-order chi connectivity index (χ0) is 28.6. The number of allylic oxidation sites excluding steroid dienone is 1. The number of rotatable bonds is 7. The van der Waals surface area contributed by atoms with Crippen LogP contribution in [-0.4, -0.2) is 24.0 Å². The van der Waals surface area contributed by atoms with E-state index in [4.69, 9.17) is 13.6 Å². The van der Waals surface area contributed by atoms with Gasteiger partial charge in [0, 0.05) is 23.1 Å². The molecular formula is C34H32O6. The van der Waals surface area contributed by atoms with Gasteiger partial charge in [-0.3, -0.25) is 4.79 Å². The summed E-state index contributed by atoms with van der Waals surface area (Å²) in [6, 6.07) is 17.1. The van der Waals surface area contributed by atoms with Crippen LogP contribution in [0, 0.1) is 6.92 Å². The first kappa shape index (κ1) is 27.0. The maximum Gasteiger partial charge on any atom is 0.335 e. The molecule has 2 aromatic heterocycles. The molecule has 0 saturated carbocycles. The number of carbonyl (C=O) groups excluding carboxylic acids is 2. The van der Waals surface area contributed by atoms with Crippen molar-refractivity contribution in [2.45, 2.75) is 46.5 Å². The SMILES string of the molecule is CCOC(=O)C1=C(C)C=c2oc(=Cc3ccc(-c4cc(C=O)ccc4C)o3)c(O)c2C1c1ccc(C(C)C)cc1. The number of hydrogen-bond donors (Lipinski definition) is 1. The van der Waals surface area contributed by atoms with E-state index in [0.29, 0.717) is 39.6 Å². The highest BCUT2D eigenvalue weighted by atomic mass is 16.5. The maximum absolute atomic E-state index is 13.1. The summed E-state index contributed by atoms with van der Waals surface area (Å²) < 4.78 is 17.6. The lowest BCUT2D eigenvalue weighted by Gasteiger charge is -2.24. The van der Waals surface area contributed by atoms with Crippen molar-refractivity contribution in [3.8, 4) is 17.1 Å². The second-order valence-corrected chi connectivity index (χ2v) is 10.3. The standard InChI is InChI=1S/C34H32O6/c1-6-38-34(37)30-21(5)15-28-32(31(30)24-11-9-23(10-12-24)19(2)3)33(36)29(40-28)17-25-13-14-27(39-25)26-16-22(18-35)8-7-20(26)4/h7-19,31,36H,6H2,1-5H3. The Balaban J connectivity index is 1.62. The Kier molecular flexibility index (Phi) is 7.35. The van der Waals surface area contributed by atoms with Crippen molar-refractivity contribution < 1.29 is 28.3 Å². The fraction of sp³-hybridized carbons (Fsp3) is 0.235. The van der Waals surface area contributed by atoms with Crippen LogP contribution in [-0.2, 0) is 9.53 Å². The van der Waals surface area contributed by atoms with Gasteiger partial charge >= 0.3 is 5.97 Å². The van der Waals surface area contributed by atoms with Gasteiger partial charge in [-0.1, -0.05) is 50.2 Å². The van der Waals surface area contributed by atoms with Gasteiger partial charge in [0.2, 0.25) is 0 Å². The summed E-state index contributed by atoms with van der Waals surface area (Å²) in [5.41, 5.74) is 6.78. The molecule has 6 heteroatoms. The number of aldehydes is 1. The van der Waals surface area contributed by atoms with E-state index in [1.807, 2.05) is 50.2 Å². The Labute approximate surface area is 232 Å². The van der Waals surface area contributed by atoms with Crippen molar-refractivity contribution in [2.24, 2.45) is 0 Å². The molecule has 1 atom stereocenters. The van der Waals surface area contributed by atoms with Crippen LogP contribution in [0.3, 0.4) is 0 Å². The summed E-state index contributed by atoms with van der Waals surface area (Å²) in [7, 11) is 0. The molecule has 0 saturated heterocycles. The largest absolute Gasteiger partial charge is 0.504 e. The quantitative estimate of drug-likeness (QED) is 0.226. The van der Waals surface area contributed by atoms with Crippen molar-refractivity contribution in [3.05, 3.63) is 110 Å². The molecule has 0 fully saturated rings. The Morgan fingerprint density at radius 3 is 2.48 bits per heavy atom. The van der Waals surface area contributed by atoms with Gasteiger partial charge in [0.15, 0.2) is 11.2 Å². The van der Waals surface area contributed by atoms with Crippen LogP contribution >= 0.6 is 0 Å². The predicted octanol–water partition coefficient (Wildman–Crippen LogP) is 6.12. The van der Waals surface area contributed by atoms with Crippen molar-refractivity contribution in [2.75, 3.05) is 6.61 Å². The van der Waals surface area contributed by atoms with Crippen molar-refractivity contribution in [1.29, 1.82) is 0 Å². The lowest BCUT2D eigenvalue weighted by molar-refractivity contribution is -0.138. The number of esters is 1. The third-order valence-corrected chi connectivity index (χ3v) is 7.32. The Bertz CT molecular complexity index is 1740. The number of furan rings is 2. The third kappa shape index (κ3) is 4.93. The van der Waals surface area contributed by atoms with E-state index in [0.717, 1.165) is 28.5 Å². The molecule has 204 valence electrons. The highest BCUT2D eigenvalue weighted by Crippen LogP contribution is 2.39. The highest BCUT2D eigenvalue weighted by molar-refractivity contribution is 5.95. The smallest absolute Gasteiger partial charge is 0.335 e. The van der Waals surface area contributed by atoms with Gasteiger partial charge in [0.05, 0.1) is 17.7 Å². The van der Waals surface area contributed by atoms with Crippen LogP contribution in [0.15, 0.2) is 74.6 Å². The van der Waals surface area contributed by atoms with Crippen molar-refractivity contribution in [3.63, 3.8) is 0 Å². The summed E-state index contributed by atoms with van der Waals surface area (Å²) in [5.74, 6) is 0.384. The molecule has 2 aromatic carbocycles. The topological polar surface area (TPSA) is 89.9 Å². The first-order chi connectivity index (χ1) is 19.2. The molecule has 40 heavy (non-hydrogen) atoms. The van der Waals surface area contributed by atoms with Crippen molar-refractivity contribution in [1.82, 2.24) is 0 Å². The second-order valence-electron chi connectivity index (χ2n) is 10.3. The van der Waals surface area contributed by atoms with E-state index < -0.39 is 11.9 Å². The minimum absolute atomic E-state index is 0.0597. The monoisotopic (exact) mass is 536 g/mol. The lowest BCUT2D eigenvalue weighted by Crippen LogP contribution is -2.24. The van der Waals surface area contributed by atoms with E-state index in [1.165, 1.54) is 5.56 Å². The van der Waals surface area contributed by atoms with Gasteiger partial charge in [0.1, 0.15) is 23.2 Å². The summed E-state index contributed by atoms with van der Waals surface area (Å²) in [6.45, 7) is 10.1. The average molecular weight is 537 g/mol. The molecule has 0 amide bonds. The summed E-state index contributed by atoms with van der Waals surface area (Å²) >= 11 is 0. The first-order valence-electron chi connectivity index (χ1n) is 13.4. The molecule has 1 aliphatic carbocycles. The zero-order valence-corrected chi connectivity index (χ0v) is 23.3. The molecular weight excluding hydrogens is 504 g/mol. The number of fused-ring (bicyclic) bond motifs is 1. The summed E-state index contributed by atoms with van der Waals surface area (Å²) in [6.07, 6.45) is 4.19. The summed E-state index contributed by atoms with van der Waals surface area (Å²) in [5, 5.41) is 11.5. The number of aryl methyl sites for hydroxylation is 1. The number of hydrogen-bond acceptors (Lipinski definition) is 6. The molecule has 0 bridgehead atoms. The van der Waals surface area contributed by atoms with Crippen LogP contribution in [0.5, 0.6) is 5.75 Å². The lowest BCUT2D eigenvalue weighted by atomic mass is 9.79. The van der Waals surface area contributed by atoms with Crippen LogP contribution in [0.2, 0.25) is 0 Å². The molecule has 2 heterocycles. The fourth-order valence-electron chi connectivity index (χ4n) is 5.18. The van der Waals surface area contributed by atoms with Gasteiger partial charge in [-0.25, -0.2) is 4.79 Å². The highest BCUT2D eigenvalue weighted by Gasteiger charge is 2.35. The van der Waals surface area contributed by atoms with Gasteiger partial charge < -0.3 is 18.7 Å². The van der Waals surface area contributed by atoms with Crippen LogP contribution < -0.4 is 10.8 Å². The van der Waals surface area contributed by atoms with E-state index in [1.54, 1.807) is 37.3 Å². The zero-order valence-electron chi connectivity index (χ0n) is 23.3. The number of carbonyl (C=O) groups is 2. The van der Waals surface area contributed by atoms with E-state index in [2.05, 4.69) is 13.8 Å². The molecule has 0 spiro atoms. The number of benzene rings is 2. The van der Waals surface area contributed by atoms with E-state index in [-0.39, 0.29) is 17.8 Å². The minimum Gasteiger partial charge on any atom is -0.504 e. The fourth-order valence-corrected chi connectivity index (χ4v) is 5.18. The second kappa shape index (κ2) is 10.9. The minimum atomic E-state index is -0.563. The van der Waals surface area contributed by atoms with Crippen LogP contribution in [0.25, 0.3) is 23.5 Å². The average Bonchev–Trinajstić information content (AvgIpc) is 3.52. The maximum atomic E-state index is 13.1. The number of ether oxygens (including phenoxy) is 1. The Morgan fingerprint density at radius 1 is 1.05 bits per heavy atom. The molecule has 0 aliphatic heterocycles. The summed E-state index contributed by atoms with van der Waals surface area (Å²) in [4.78, 5) is 24.4. The molecule has 4 aromatic rings. The van der Waals surface area contributed by atoms with Gasteiger partial charge in [-0.2, -0.15) is 0 Å². The first-order valence-corrected chi connectivity index (χ1v) is 13.4. The van der Waals surface area contributed by atoms with E-state index in [9.17, 15) is 14.7 Å². The predicted molar refractivity (Wildman–Crippen MR) is 154 cm³/mol. The molecule has 6 nitrogen and oxygen atoms in total.